The minimum atomic E-state index is -0.415. The minimum absolute atomic E-state index is 0.175. The molecule has 0 heterocycles. The van der Waals surface area contributed by atoms with Gasteiger partial charge in [-0.15, -0.1) is 0 Å². The van der Waals surface area contributed by atoms with Gasteiger partial charge in [0, 0.05) is 5.41 Å². The van der Waals surface area contributed by atoms with Crippen LogP contribution in [0.1, 0.15) is 25.0 Å². The lowest BCUT2D eigenvalue weighted by Gasteiger charge is -2.25. The summed E-state index contributed by atoms with van der Waals surface area (Å²) in [5, 5.41) is 9.67. The molecule has 146 valence electrons. The molecule has 0 aliphatic rings. The minimum Gasteiger partial charge on any atom is -0.507 e. The van der Waals surface area contributed by atoms with Crippen molar-refractivity contribution >= 4 is 15.9 Å². The van der Waals surface area contributed by atoms with Gasteiger partial charge in [-0.25, -0.2) is 4.39 Å². The number of halogens is 2. The van der Waals surface area contributed by atoms with E-state index in [1.165, 1.54) is 6.07 Å². The number of phenolic OH excluding ortho intramolecular Hbond substituents is 1. The Morgan fingerprint density at radius 2 is 1.75 bits per heavy atom. The monoisotopic (exact) mass is 444 g/mol. The van der Waals surface area contributed by atoms with Crippen LogP contribution in [0.4, 0.5) is 4.39 Å². The molecule has 5 heteroatoms. The molecular formula is C23H22BrFO3. The first-order valence-electron chi connectivity index (χ1n) is 8.93. The largest absolute Gasteiger partial charge is 0.507 e. The summed E-state index contributed by atoms with van der Waals surface area (Å²) in [5.74, 6) is 0.548. The molecule has 0 saturated heterocycles. The number of para-hydroxylation sites is 1. The first-order chi connectivity index (χ1) is 13.3. The Bertz CT molecular complexity index is 942. The van der Waals surface area contributed by atoms with Gasteiger partial charge in [-0.1, -0.05) is 44.2 Å². The molecule has 3 aromatic rings. The van der Waals surface area contributed by atoms with Gasteiger partial charge in [0.1, 0.15) is 11.5 Å². The van der Waals surface area contributed by atoms with E-state index in [4.69, 9.17) is 9.47 Å². The molecule has 0 spiro atoms. The molecule has 3 aromatic carbocycles. The van der Waals surface area contributed by atoms with Crippen LogP contribution in [0, 0.1) is 5.82 Å². The number of aromatic hydroxyl groups is 1. The first kappa shape index (κ1) is 20.4. The van der Waals surface area contributed by atoms with E-state index < -0.39 is 5.82 Å². The molecule has 0 radical (unpaired) electrons. The number of ether oxygens (including phenoxy) is 2. The predicted molar refractivity (Wildman–Crippen MR) is 111 cm³/mol. The van der Waals surface area contributed by atoms with Gasteiger partial charge in [0.2, 0.25) is 0 Å². The molecule has 0 fully saturated rings. The quantitative estimate of drug-likeness (QED) is 0.447. The van der Waals surface area contributed by atoms with E-state index in [9.17, 15) is 9.50 Å². The second-order valence-electron chi connectivity index (χ2n) is 7.22. The van der Waals surface area contributed by atoms with Gasteiger partial charge in [-0.2, -0.15) is 0 Å². The second-order valence-corrected chi connectivity index (χ2v) is 8.08. The number of benzene rings is 3. The van der Waals surface area contributed by atoms with Gasteiger partial charge in [0.05, 0.1) is 17.7 Å². The highest BCUT2D eigenvalue weighted by atomic mass is 79.9. The van der Waals surface area contributed by atoms with Crippen molar-refractivity contribution in [1.82, 2.24) is 0 Å². The maximum atomic E-state index is 14.1. The van der Waals surface area contributed by atoms with Crippen LogP contribution in [0.2, 0.25) is 0 Å². The van der Waals surface area contributed by atoms with E-state index in [1.807, 2.05) is 30.3 Å². The van der Waals surface area contributed by atoms with E-state index in [2.05, 4.69) is 29.8 Å². The third-order valence-corrected chi connectivity index (χ3v) is 5.06. The molecule has 0 aliphatic carbocycles. The lowest BCUT2D eigenvalue weighted by Crippen LogP contribution is -2.24. The van der Waals surface area contributed by atoms with E-state index in [0.717, 1.165) is 11.1 Å². The predicted octanol–water partition coefficient (Wildman–Crippen LogP) is 6.58. The Balaban J connectivity index is 1.64. The Hall–Kier alpha value is -2.37. The van der Waals surface area contributed by atoms with E-state index in [-0.39, 0.29) is 16.9 Å². The Labute approximate surface area is 172 Å². The summed E-state index contributed by atoms with van der Waals surface area (Å²) in [7, 11) is 0. The average Bonchev–Trinajstić information content (AvgIpc) is 2.67. The summed E-state index contributed by atoms with van der Waals surface area (Å²) in [6.07, 6.45) is 0. The molecule has 0 atom stereocenters. The van der Waals surface area contributed by atoms with E-state index in [0.29, 0.717) is 23.4 Å². The fraction of sp³-hybridized carbons (Fsp3) is 0.217. The van der Waals surface area contributed by atoms with Crippen LogP contribution in [-0.4, -0.2) is 11.7 Å². The summed E-state index contributed by atoms with van der Waals surface area (Å²) in [4.78, 5) is 0. The normalized spacial score (nSPS) is 11.4. The first-order valence-corrected chi connectivity index (χ1v) is 9.72. The SMILES string of the molecule is CC(C)(COCc1ccc(F)c(Oc2ccccc2)c1)c1ccc(O)c(Br)c1. The molecule has 28 heavy (non-hydrogen) atoms. The third-order valence-electron chi connectivity index (χ3n) is 4.43. The molecule has 3 rings (SSSR count). The van der Waals surface area contributed by atoms with Gasteiger partial charge < -0.3 is 14.6 Å². The number of rotatable bonds is 7. The summed E-state index contributed by atoms with van der Waals surface area (Å²) >= 11 is 3.35. The fourth-order valence-electron chi connectivity index (χ4n) is 2.77. The molecule has 1 N–H and O–H groups in total. The van der Waals surface area contributed by atoms with Gasteiger partial charge in [-0.05, 0) is 63.5 Å². The van der Waals surface area contributed by atoms with E-state index >= 15 is 0 Å². The third kappa shape index (κ3) is 5.12. The van der Waals surface area contributed by atoms with Crippen molar-refractivity contribution in [1.29, 1.82) is 0 Å². The topological polar surface area (TPSA) is 38.7 Å². The van der Waals surface area contributed by atoms with Crippen LogP contribution in [-0.2, 0) is 16.8 Å². The Kier molecular flexibility index (Phi) is 6.37. The maximum Gasteiger partial charge on any atom is 0.165 e. The average molecular weight is 445 g/mol. The lowest BCUT2D eigenvalue weighted by atomic mass is 9.85. The van der Waals surface area contributed by atoms with Crippen LogP contribution in [0.5, 0.6) is 17.2 Å². The van der Waals surface area contributed by atoms with Crippen molar-refractivity contribution < 1.29 is 19.0 Å². The molecule has 0 saturated carbocycles. The van der Waals surface area contributed by atoms with Crippen molar-refractivity contribution in [3.05, 3.63) is 88.1 Å². The van der Waals surface area contributed by atoms with Crippen molar-refractivity contribution in [2.24, 2.45) is 0 Å². The van der Waals surface area contributed by atoms with E-state index in [1.54, 1.807) is 30.3 Å². The molecular weight excluding hydrogens is 423 g/mol. The highest BCUT2D eigenvalue weighted by molar-refractivity contribution is 9.10. The Morgan fingerprint density at radius 1 is 1.00 bits per heavy atom. The summed E-state index contributed by atoms with van der Waals surface area (Å²) in [6.45, 7) is 4.95. The van der Waals surface area contributed by atoms with Gasteiger partial charge in [-0.3, -0.25) is 0 Å². The van der Waals surface area contributed by atoms with Crippen molar-refractivity contribution in [2.75, 3.05) is 6.61 Å². The van der Waals surface area contributed by atoms with Gasteiger partial charge in [0.25, 0.3) is 0 Å². The smallest absolute Gasteiger partial charge is 0.165 e. The summed E-state index contributed by atoms with van der Waals surface area (Å²) < 4.78 is 26.2. The van der Waals surface area contributed by atoms with Crippen molar-refractivity contribution in [2.45, 2.75) is 25.9 Å². The molecule has 0 amide bonds. The molecule has 0 aliphatic heterocycles. The number of phenols is 1. The highest BCUT2D eigenvalue weighted by Crippen LogP contribution is 2.31. The van der Waals surface area contributed by atoms with Crippen molar-refractivity contribution in [3.8, 4) is 17.2 Å². The zero-order valence-electron chi connectivity index (χ0n) is 15.8. The standard InChI is InChI=1S/C23H22BrFO3/c1-23(2,17-9-11-21(26)19(24)13-17)15-27-14-16-8-10-20(25)22(12-16)28-18-6-4-3-5-7-18/h3-13,26H,14-15H2,1-2H3. The zero-order chi connectivity index (χ0) is 20.1. The van der Waals surface area contributed by atoms with Crippen LogP contribution in [0.15, 0.2) is 71.2 Å². The summed E-state index contributed by atoms with van der Waals surface area (Å²) in [5.41, 5.74) is 1.62. The van der Waals surface area contributed by atoms with Crippen LogP contribution in [0.25, 0.3) is 0 Å². The molecule has 0 bridgehead atoms. The van der Waals surface area contributed by atoms with Gasteiger partial charge in [0.15, 0.2) is 11.6 Å². The molecule has 0 unspecified atom stereocenters. The lowest BCUT2D eigenvalue weighted by molar-refractivity contribution is 0.0823. The maximum absolute atomic E-state index is 14.1. The number of hydrogen-bond acceptors (Lipinski definition) is 3. The van der Waals surface area contributed by atoms with Crippen LogP contribution in [0.3, 0.4) is 0 Å². The Morgan fingerprint density at radius 3 is 2.46 bits per heavy atom. The highest BCUT2D eigenvalue weighted by Gasteiger charge is 2.22. The number of hydrogen-bond donors (Lipinski definition) is 1. The fourth-order valence-corrected chi connectivity index (χ4v) is 3.15. The second kappa shape index (κ2) is 8.76. The molecule has 0 aromatic heterocycles. The molecule has 3 nitrogen and oxygen atoms in total. The zero-order valence-corrected chi connectivity index (χ0v) is 17.4. The summed E-state index contributed by atoms with van der Waals surface area (Å²) in [6, 6.07) is 19.3. The van der Waals surface area contributed by atoms with Gasteiger partial charge >= 0.3 is 0 Å². The van der Waals surface area contributed by atoms with Crippen LogP contribution >= 0.6 is 15.9 Å². The van der Waals surface area contributed by atoms with Crippen LogP contribution < -0.4 is 4.74 Å². The van der Waals surface area contributed by atoms with Crippen molar-refractivity contribution in [3.63, 3.8) is 0 Å².